The van der Waals surface area contributed by atoms with Gasteiger partial charge in [-0.3, -0.25) is 14.9 Å². The minimum Gasteiger partial charge on any atom is -0.449 e. The lowest BCUT2D eigenvalue weighted by Gasteiger charge is -2.11. The fraction of sp³-hybridized carbons (Fsp3) is 0.118. The molecule has 1 amide bonds. The van der Waals surface area contributed by atoms with Gasteiger partial charge in [-0.2, -0.15) is 0 Å². The van der Waals surface area contributed by atoms with Crippen molar-refractivity contribution in [1.82, 2.24) is 4.98 Å². The Morgan fingerprint density at radius 3 is 2.77 bits per heavy atom. The van der Waals surface area contributed by atoms with Crippen LogP contribution in [0, 0.1) is 10.1 Å². The first-order chi connectivity index (χ1) is 12.3. The Morgan fingerprint density at radius 1 is 1.35 bits per heavy atom. The SMILES string of the molecule is C[C@H](OC(=O)/C=C/c1cccc([N+](=O)[O-])c1)C(=O)Nc1ccc(Cl)cn1. The largest absolute Gasteiger partial charge is 0.449 e. The van der Waals surface area contributed by atoms with Crippen molar-refractivity contribution in [2.45, 2.75) is 13.0 Å². The monoisotopic (exact) mass is 375 g/mol. The summed E-state index contributed by atoms with van der Waals surface area (Å²) < 4.78 is 4.98. The topological polar surface area (TPSA) is 111 Å². The maximum atomic E-state index is 12.0. The van der Waals surface area contributed by atoms with E-state index in [0.717, 1.165) is 6.08 Å². The van der Waals surface area contributed by atoms with E-state index in [1.807, 2.05) is 0 Å². The predicted molar refractivity (Wildman–Crippen MR) is 95.6 cm³/mol. The van der Waals surface area contributed by atoms with Crippen LogP contribution in [0.25, 0.3) is 6.08 Å². The van der Waals surface area contributed by atoms with E-state index in [-0.39, 0.29) is 11.5 Å². The van der Waals surface area contributed by atoms with Crippen molar-refractivity contribution in [3.63, 3.8) is 0 Å². The van der Waals surface area contributed by atoms with Crippen molar-refractivity contribution < 1.29 is 19.2 Å². The quantitative estimate of drug-likeness (QED) is 0.359. The molecule has 0 aliphatic rings. The Balaban J connectivity index is 1.91. The number of amides is 1. The standard InChI is InChI=1S/C17H14ClN3O5/c1-11(17(23)20-15-7-6-13(18)10-19-15)26-16(22)8-5-12-3-2-4-14(9-12)21(24)25/h2-11H,1H3,(H,19,20,23)/b8-5+/t11-/m0/s1. The van der Waals surface area contributed by atoms with Gasteiger partial charge in [0.1, 0.15) is 5.82 Å². The highest BCUT2D eigenvalue weighted by molar-refractivity contribution is 6.30. The van der Waals surface area contributed by atoms with Crippen molar-refractivity contribution >= 4 is 41.1 Å². The fourth-order valence-electron chi connectivity index (χ4n) is 1.85. The van der Waals surface area contributed by atoms with E-state index < -0.39 is 22.9 Å². The average molecular weight is 376 g/mol. The fourth-order valence-corrected chi connectivity index (χ4v) is 1.96. The normalized spacial score (nSPS) is 11.8. The number of hydrogen-bond donors (Lipinski definition) is 1. The molecule has 1 aromatic heterocycles. The number of nitrogens with zero attached hydrogens (tertiary/aromatic N) is 2. The van der Waals surface area contributed by atoms with Crippen LogP contribution in [0.1, 0.15) is 12.5 Å². The molecule has 9 heteroatoms. The number of halogens is 1. The molecule has 26 heavy (non-hydrogen) atoms. The molecular formula is C17H14ClN3O5. The van der Waals surface area contributed by atoms with Gasteiger partial charge in [-0.1, -0.05) is 23.7 Å². The van der Waals surface area contributed by atoms with Crippen LogP contribution in [0.2, 0.25) is 5.02 Å². The number of aromatic nitrogens is 1. The molecule has 8 nitrogen and oxygen atoms in total. The number of carbonyl (C=O) groups excluding carboxylic acids is 2. The van der Waals surface area contributed by atoms with E-state index >= 15 is 0 Å². The van der Waals surface area contributed by atoms with Crippen LogP contribution in [0.3, 0.4) is 0 Å². The third-order valence-corrected chi connectivity index (χ3v) is 3.36. The van der Waals surface area contributed by atoms with Gasteiger partial charge in [-0.05, 0) is 30.7 Å². The van der Waals surface area contributed by atoms with Crippen LogP contribution < -0.4 is 5.32 Å². The third-order valence-electron chi connectivity index (χ3n) is 3.13. The van der Waals surface area contributed by atoms with E-state index in [9.17, 15) is 19.7 Å². The molecule has 0 bridgehead atoms. The van der Waals surface area contributed by atoms with Crippen LogP contribution in [-0.4, -0.2) is 27.9 Å². The number of hydrogen-bond acceptors (Lipinski definition) is 6. The second-order valence-corrected chi connectivity index (χ2v) is 5.55. The zero-order valence-corrected chi connectivity index (χ0v) is 14.3. The van der Waals surface area contributed by atoms with Crippen LogP contribution in [0.15, 0.2) is 48.7 Å². The molecule has 1 aromatic carbocycles. The molecule has 1 atom stereocenters. The van der Waals surface area contributed by atoms with Crippen molar-refractivity contribution in [2.75, 3.05) is 5.32 Å². The van der Waals surface area contributed by atoms with Gasteiger partial charge >= 0.3 is 5.97 Å². The molecule has 0 fully saturated rings. The Bertz CT molecular complexity index is 852. The van der Waals surface area contributed by atoms with Crippen molar-refractivity contribution in [3.8, 4) is 0 Å². The van der Waals surface area contributed by atoms with Gasteiger partial charge in [0.2, 0.25) is 0 Å². The van der Waals surface area contributed by atoms with Gasteiger partial charge in [0, 0.05) is 24.4 Å². The number of nitrogens with one attached hydrogen (secondary N) is 1. The van der Waals surface area contributed by atoms with Crippen molar-refractivity contribution in [2.24, 2.45) is 0 Å². The number of benzene rings is 1. The van der Waals surface area contributed by atoms with E-state index in [2.05, 4.69) is 10.3 Å². The molecular weight excluding hydrogens is 362 g/mol. The summed E-state index contributed by atoms with van der Waals surface area (Å²) in [6, 6.07) is 8.82. The molecule has 0 spiro atoms. The number of non-ortho nitro benzene ring substituents is 1. The summed E-state index contributed by atoms with van der Waals surface area (Å²) in [7, 11) is 0. The highest BCUT2D eigenvalue weighted by Gasteiger charge is 2.17. The Labute approximate surface area is 153 Å². The number of ether oxygens (including phenoxy) is 1. The maximum Gasteiger partial charge on any atom is 0.331 e. The zero-order chi connectivity index (χ0) is 19.1. The molecule has 0 saturated heterocycles. The molecule has 2 rings (SSSR count). The minimum absolute atomic E-state index is 0.0938. The smallest absolute Gasteiger partial charge is 0.331 e. The van der Waals surface area contributed by atoms with E-state index in [1.54, 1.807) is 12.1 Å². The summed E-state index contributed by atoms with van der Waals surface area (Å²) in [4.78, 5) is 37.8. The number of rotatable bonds is 6. The van der Waals surface area contributed by atoms with Gasteiger partial charge in [0.25, 0.3) is 11.6 Å². The van der Waals surface area contributed by atoms with Crippen LogP contribution in [0.5, 0.6) is 0 Å². The molecule has 0 saturated carbocycles. The highest BCUT2D eigenvalue weighted by Crippen LogP contribution is 2.14. The summed E-state index contributed by atoms with van der Waals surface area (Å²) in [6.45, 7) is 1.41. The molecule has 1 heterocycles. The van der Waals surface area contributed by atoms with Gasteiger partial charge in [-0.25, -0.2) is 9.78 Å². The van der Waals surface area contributed by atoms with Crippen LogP contribution >= 0.6 is 11.6 Å². The molecule has 0 aliphatic heterocycles. The Hall–Kier alpha value is -3.26. The number of nitro benzene ring substituents is 1. The number of nitro groups is 1. The summed E-state index contributed by atoms with van der Waals surface area (Å²) in [5.74, 6) is -1.05. The second kappa shape index (κ2) is 8.72. The third kappa shape index (κ3) is 5.67. The summed E-state index contributed by atoms with van der Waals surface area (Å²) in [5, 5.41) is 13.6. The highest BCUT2D eigenvalue weighted by atomic mass is 35.5. The lowest BCUT2D eigenvalue weighted by molar-refractivity contribution is -0.384. The van der Waals surface area contributed by atoms with Gasteiger partial charge < -0.3 is 10.1 Å². The van der Waals surface area contributed by atoms with Crippen molar-refractivity contribution in [1.29, 1.82) is 0 Å². The lowest BCUT2D eigenvalue weighted by Crippen LogP contribution is -2.29. The molecule has 0 radical (unpaired) electrons. The Kier molecular flexibility index (Phi) is 6.40. The molecule has 134 valence electrons. The molecule has 0 aliphatic carbocycles. The molecule has 0 unspecified atom stereocenters. The summed E-state index contributed by atoms with van der Waals surface area (Å²) >= 11 is 5.70. The summed E-state index contributed by atoms with van der Waals surface area (Å²) in [5.41, 5.74) is 0.363. The number of pyridine rings is 1. The van der Waals surface area contributed by atoms with Crippen LogP contribution in [0.4, 0.5) is 11.5 Å². The van der Waals surface area contributed by atoms with Crippen LogP contribution in [-0.2, 0) is 14.3 Å². The second-order valence-electron chi connectivity index (χ2n) is 5.12. The Morgan fingerprint density at radius 2 is 2.12 bits per heavy atom. The minimum atomic E-state index is -1.06. The first kappa shape index (κ1) is 19.1. The first-order valence-electron chi connectivity index (χ1n) is 7.41. The lowest BCUT2D eigenvalue weighted by atomic mass is 10.2. The maximum absolute atomic E-state index is 12.0. The molecule has 1 N–H and O–H groups in total. The first-order valence-corrected chi connectivity index (χ1v) is 7.78. The number of carbonyl (C=O) groups is 2. The van der Waals surface area contributed by atoms with E-state index in [1.165, 1.54) is 43.5 Å². The predicted octanol–water partition coefficient (Wildman–Crippen LogP) is 3.23. The number of esters is 1. The average Bonchev–Trinajstić information content (AvgIpc) is 2.62. The van der Waals surface area contributed by atoms with Crippen molar-refractivity contribution in [3.05, 3.63) is 69.4 Å². The van der Waals surface area contributed by atoms with Gasteiger partial charge in [0.05, 0.1) is 9.95 Å². The van der Waals surface area contributed by atoms with E-state index in [0.29, 0.717) is 10.6 Å². The number of anilines is 1. The molecule has 2 aromatic rings. The summed E-state index contributed by atoms with van der Waals surface area (Å²) in [6.07, 6.45) is 2.76. The van der Waals surface area contributed by atoms with E-state index in [4.69, 9.17) is 16.3 Å². The zero-order valence-electron chi connectivity index (χ0n) is 13.6. The van der Waals surface area contributed by atoms with Gasteiger partial charge in [0.15, 0.2) is 6.10 Å². The van der Waals surface area contributed by atoms with Gasteiger partial charge in [-0.15, -0.1) is 0 Å².